The molecule has 1 saturated carbocycles. The van der Waals surface area contributed by atoms with E-state index >= 15 is 0 Å². The fourth-order valence-electron chi connectivity index (χ4n) is 5.18. The van der Waals surface area contributed by atoms with Crippen LogP contribution in [0.3, 0.4) is 0 Å². The van der Waals surface area contributed by atoms with Crippen molar-refractivity contribution in [3.63, 3.8) is 0 Å². The Morgan fingerprint density at radius 2 is 1.94 bits per heavy atom. The van der Waals surface area contributed by atoms with Gasteiger partial charge in [0.1, 0.15) is 23.8 Å². The molecule has 2 aliphatic heterocycles. The first-order valence-electron chi connectivity index (χ1n) is 12.1. The van der Waals surface area contributed by atoms with Crippen LogP contribution in [0, 0.1) is 0 Å². The highest BCUT2D eigenvalue weighted by molar-refractivity contribution is 5.94. The van der Waals surface area contributed by atoms with Gasteiger partial charge in [-0.3, -0.25) is 4.79 Å². The number of anilines is 2. The summed E-state index contributed by atoms with van der Waals surface area (Å²) in [5.41, 5.74) is 0.117. The zero-order chi connectivity index (χ0) is 23.9. The van der Waals surface area contributed by atoms with Crippen molar-refractivity contribution in [1.29, 1.82) is 0 Å². The van der Waals surface area contributed by atoms with Crippen LogP contribution in [-0.4, -0.2) is 51.1 Å². The topological polar surface area (TPSA) is 88.0 Å². The molecule has 0 bridgehead atoms. The Morgan fingerprint density at radius 1 is 1.18 bits per heavy atom. The lowest BCUT2D eigenvalue weighted by Crippen LogP contribution is -2.38. The minimum Gasteiger partial charge on any atom is -0.356 e. The summed E-state index contributed by atoms with van der Waals surface area (Å²) in [5, 5.41) is 6.25. The van der Waals surface area contributed by atoms with Crippen LogP contribution in [0.1, 0.15) is 74.4 Å². The minimum atomic E-state index is -4.46. The van der Waals surface area contributed by atoms with Gasteiger partial charge in [0.25, 0.3) is 0 Å². The van der Waals surface area contributed by atoms with Gasteiger partial charge in [-0.2, -0.15) is 13.2 Å². The fourth-order valence-corrected chi connectivity index (χ4v) is 5.18. The number of nitrogens with zero attached hydrogens (tertiary/aromatic N) is 5. The zero-order valence-corrected chi connectivity index (χ0v) is 19.2. The largest absolute Gasteiger partial charge is 0.434 e. The number of alkyl halides is 3. The van der Waals surface area contributed by atoms with E-state index in [2.05, 4.69) is 30.5 Å². The molecule has 2 fully saturated rings. The molecule has 1 atom stereocenters. The van der Waals surface area contributed by atoms with E-state index < -0.39 is 11.9 Å². The van der Waals surface area contributed by atoms with Crippen molar-refractivity contribution in [1.82, 2.24) is 24.8 Å². The van der Waals surface area contributed by atoms with Gasteiger partial charge in [-0.1, -0.05) is 13.3 Å². The molecule has 2 aromatic heterocycles. The van der Waals surface area contributed by atoms with E-state index in [1.165, 1.54) is 12.7 Å². The van der Waals surface area contributed by atoms with Gasteiger partial charge in [0.2, 0.25) is 5.91 Å². The summed E-state index contributed by atoms with van der Waals surface area (Å²) in [6.07, 6.45) is 3.40. The van der Waals surface area contributed by atoms with Crippen molar-refractivity contribution in [2.24, 2.45) is 0 Å². The molecule has 3 aliphatic rings. The van der Waals surface area contributed by atoms with Crippen LogP contribution in [0.25, 0.3) is 0 Å². The lowest BCUT2D eigenvalue weighted by atomic mass is 9.92. The van der Waals surface area contributed by atoms with E-state index in [4.69, 9.17) is 0 Å². The molecule has 4 heterocycles. The summed E-state index contributed by atoms with van der Waals surface area (Å²) in [6, 6.07) is 0.489. The van der Waals surface area contributed by atoms with E-state index in [1.54, 1.807) is 4.57 Å². The molecule has 0 spiro atoms. The van der Waals surface area contributed by atoms with Gasteiger partial charge in [0.15, 0.2) is 5.69 Å². The Balaban J connectivity index is 1.30. The van der Waals surface area contributed by atoms with Crippen molar-refractivity contribution < 1.29 is 18.0 Å². The van der Waals surface area contributed by atoms with Gasteiger partial charge in [0.05, 0.1) is 0 Å². The molecule has 1 amide bonds. The van der Waals surface area contributed by atoms with Crippen molar-refractivity contribution in [2.45, 2.75) is 76.0 Å². The number of carbonyl (C=O) groups is 1. The summed E-state index contributed by atoms with van der Waals surface area (Å²) < 4.78 is 42.0. The molecule has 0 radical (unpaired) electrons. The predicted octanol–water partition coefficient (Wildman–Crippen LogP) is 3.66. The van der Waals surface area contributed by atoms with Crippen molar-refractivity contribution in [3.8, 4) is 0 Å². The molecule has 8 nitrogen and oxygen atoms in total. The maximum absolute atomic E-state index is 13.4. The molecule has 11 heteroatoms. The Kier molecular flexibility index (Phi) is 6.22. The number of nitrogens with one attached hydrogen (secondary N) is 2. The number of imidazole rings is 1. The Labute approximate surface area is 196 Å². The molecule has 2 aromatic rings. The van der Waals surface area contributed by atoms with Crippen molar-refractivity contribution in [3.05, 3.63) is 29.6 Å². The summed E-state index contributed by atoms with van der Waals surface area (Å²) in [4.78, 5) is 26.8. The number of amides is 1. The van der Waals surface area contributed by atoms with Gasteiger partial charge in [0, 0.05) is 56.3 Å². The molecule has 1 aliphatic carbocycles. The number of fused-ring (bicyclic) bond motifs is 1. The average Bonchev–Trinajstić information content (AvgIpc) is 3.20. The van der Waals surface area contributed by atoms with Crippen LogP contribution < -0.4 is 15.5 Å². The fraction of sp³-hybridized carbons (Fsp3) is 0.652. The van der Waals surface area contributed by atoms with E-state index in [-0.39, 0.29) is 17.7 Å². The maximum atomic E-state index is 13.4. The number of piperidine rings is 1. The smallest absolute Gasteiger partial charge is 0.356 e. The first-order valence-corrected chi connectivity index (χ1v) is 12.1. The third-order valence-electron chi connectivity index (χ3n) is 7.25. The summed E-state index contributed by atoms with van der Waals surface area (Å²) in [5.74, 6) is 1.79. The third kappa shape index (κ3) is 4.62. The number of halogens is 3. The van der Waals surface area contributed by atoms with Gasteiger partial charge >= 0.3 is 6.18 Å². The second-order valence-corrected chi connectivity index (χ2v) is 9.63. The highest BCUT2D eigenvalue weighted by Crippen LogP contribution is 2.39. The molecule has 2 N–H and O–H groups in total. The highest BCUT2D eigenvalue weighted by Gasteiger charge is 2.37. The summed E-state index contributed by atoms with van der Waals surface area (Å²) in [7, 11) is 0. The first kappa shape index (κ1) is 23.1. The molecule has 5 rings (SSSR count). The molecule has 1 unspecified atom stereocenters. The van der Waals surface area contributed by atoms with E-state index in [1.807, 2.05) is 6.92 Å². The van der Waals surface area contributed by atoms with Crippen LogP contribution in [0.5, 0.6) is 0 Å². The second-order valence-electron chi connectivity index (χ2n) is 9.63. The molecule has 0 aromatic carbocycles. The maximum Gasteiger partial charge on any atom is 0.434 e. The molecule has 184 valence electrons. The van der Waals surface area contributed by atoms with Crippen LogP contribution in [-0.2, 0) is 17.5 Å². The minimum absolute atomic E-state index is 0.00841. The first-order chi connectivity index (χ1) is 16.3. The third-order valence-corrected chi connectivity index (χ3v) is 7.25. The summed E-state index contributed by atoms with van der Waals surface area (Å²) in [6.45, 7) is 4.42. The van der Waals surface area contributed by atoms with E-state index in [9.17, 15) is 18.0 Å². The SMILES string of the molecule is CC1CC(=O)Nc2ncnc(N3CCC(c4nc(C(F)(F)F)cn4CCNC4CCC4)CC3)c21. The molecule has 1 saturated heterocycles. The van der Waals surface area contributed by atoms with Crippen LogP contribution in [0.2, 0.25) is 0 Å². The lowest BCUT2D eigenvalue weighted by molar-refractivity contribution is -0.141. The number of hydrogen-bond donors (Lipinski definition) is 2. The number of hydrogen-bond acceptors (Lipinski definition) is 6. The number of aromatic nitrogens is 4. The van der Waals surface area contributed by atoms with Crippen LogP contribution in [0.15, 0.2) is 12.5 Å². The van der Waals surface area contributed by atoms with Gasteiger partial charge in [-0.25, -0.2) is 15.0 Å². The standard InChI is InChI=1S/C23H30F3N7O/c1-14-11-18(34)31-20-19(14)22(29-13-28-20)32-8-5-15(6-9-32)21-30-17(23(24,25)26)12-33(21)10-7-27-16-3-2-4-16/h12-16,27H,2-11H2,1H3,(H,28,29,31,34). The lowest BCUT2D eigenvalue weighted by Gasteiger charge is -2.35. The van der Waals surface area contributed by atoms with Gasteiger partial charge in [-0.15, -0.1) is 0 Å². The predicted molar refractivity (Wildman–Crippen MR) is 121 cm³/mol. The van der Waals surface area contributed by atoms with Crippen molar-refractivity contribution >= 4 is 17.5 Å². The van der Waals surface area contributed by atoms with Gasteiger partial charge < -0.3 is 20.1 Å². The summed E-state index contributed by atoms with van der Waals surface area (Å²) >= 11 is 0. The molecular weight excluding hydrogens is 447 g/mol. The number of carbonyl (C=O) groups excluding carboxylic acids is 1. The molecular formula is C23H30F3N7O. The van der Waals surface area contributed by atoms with Gasteiger partial charge in [-0.05, 0) is 31.6 Å². The monoisotopic (exact) mass is 477 g/mol. The Bertz CT molecular complexity index is 1040. The van der Waals surface area contributed by atoms with E-state index in [0.29, 0.717) is 63.1 Å². The van der Waals surface area contributed by atoms with Crippen LogP contribution in [0.4, 0.5) is 24.8 Å². The van der Waals surface area contributed by atoms with E-state index in [0.717, 1.165) is 30.4 Å². The van der Waals surface area contributed by atoms with Crippen molar-refractivity contribution in [2.75, 3.05) is 29.9 Å². The molecule has 34 heavy (non-hydrogen) atoms. The normalized spacial score (nSPS) is 21.8. The number of rotatable bonds is 6. The average molecular weight is 478 g/mol. The zero-order valence-electron chi connectivity index (χ0n) is 19.2. The van der Waals surface area contributed by atoms with Crippen LogP contribution >= 0.6 is 0 Å². The quantitative estimate of drug-likeness (QED) is 0.660. The second kappa shape index (κ2) is 9.16. The highest BCUT2D eigenvalue weighted by atomic mass is 19.4. The Morgan fingerprint density at radius 3 is 2.62 bits per heavy atom. The Hall–Kier alpha value is -2.69.